The third-order valence-corrected chi connectivity index (χ3v) is 5.60. The van der Waals surface area contributed by atoms with Crippen LogP contribution in [-0.2, 0) is 10.0 Å². The third-order valence-electron chi connectivity index (χ3n) is 4.23. The van der Waals surface area contributed by atoms with Gasteiger partial charge in [-0.15, -0.1) is 0 Å². The van der Waals surface area contributed by atoms with Crippen LogP contribution in [0.1, 0.15) is 29.0 Å². The van der Waals surface area contributed by atoms with E-state index in [1.807, 2.05) is 0 Å². The Hall–Kier alpha value is -3.79. The van der Waals surface area contributed by atoms with E-state index in [9.17, 15) is 23.3 Å². The van der Waals surface area contributed by atoms with Crippen molar-refractivity contribution in [2.45, 2.75) is 17.9 Å². The number of pyridine rings is 1. The van der Waals surface area contributed by atoms with Crippen molar-refractivity contribution in [2.24, 2.45) is 0 Å². The number of carbonyl (C=O) groups is 1. The number of hydrogen-bond donors (Lipinski definition) is 2. The molecule has 2 aromatic carbocycles. The first-order valence-corrected chi connectivity index (χ1v) is 10.3. The number of nitro benzene ring substituents is 1. The van der Waals surface area contributed by atoms with Crippen molar-refractivity contribution in [1.82, 2.24) is 10.3 Å². The summed E-state index contributed by atoms with van der Waals surface area (Å²) in [5, 5.41) is 13.7. The molecule has 1 amide bonds. The van der Waals surface area contributed by atoms with Crippen LogP contribution in [0, 0.1) is 10.1 Å². The highest BCUT2D eigenvalue weighted by atomic mass is 32.2. The lowest BCUT2D eigenvalue weighted by molar-refractivity contribution is -0.385. The maximum absolute atomic E-state index is 12.8. The Morgan fingerprint density at radius 1 is 1.07 bits per heavy atom. The number of rotatable bonds is 7. The Bertz CT molecular complexity index is 1180. The summed E-state index contributed by atoms with van der Waals surface area (Å²) in [7, 11) is -4.15. The monoisotopic (exact) mass is 426 g/mol. The molecule has 2 N–H and O–H groups in total. The summed E-state index contributed by atoms with van der Waals surface area (Å²) in [6, 6.07) is 15.7. The zero-order chi connectivity index (χ0) is 21.7. The molecular weight excluding hydrogens is 408 g/mol. The quantitative estimate of drug-likeness (QED) is 0.440. The minimum absolute atomic E-state index is 0.0507. The molecule has 1 unspecified atom stereocenters. The Labute approximate surface area is 173 Å². The first-order chi connectivity index (χ1) is 14.3. The number of carbonyl (C=O) groups excluding carboxylic acids is 1. The van der Waals surface area contributed by atoms with Crippen molar-refractivity contribution in [1.29, 1.82) is 0 Å². The van der Waals surface area contributed by atoms with E-state index in [2.05, 4.69) is 15.0 Å². The highest BCUT2D eigenvalue weighted by Crippen LogP contribution is 2.23. The van der Waals surface area contributed by atoms with Crippen LogP contribution < -0.4 is 10.0 Å². The average molecular weight is 426 g/mol. The van der Waals surface area contributed by atoms with E-state index in [1.54, 1.807) is 43.5 Å². The van der Waals surface area contributed by atoms with Gasteiger partial charge in [0.15, 0.2) is 0 Å². The van der Waals surface area contributed by atoms with Gasteiger partial charge >= 0.3 is 0 Å². The second-order valence-electron chi connectivity index (χ2n) is 6.36. The SMILES string of the molecule is CC(NC(=O)c1ccccc1NS(=O)(=O)c1cccc([N+](=O)[O-])c1)c1ccccn1. The van der Waals surface area contributed by atoms with E-state index in [-0.39, 0.29) is 21.8 Å². The van der Waals surface area contributed by atoms with Crippen LogP contribution in [-0.4, -0.2) is 24.2 Å². The maximum atomic E-state index is 12.8. The summed E-state index contributed by atoms with van der Waals surface area (Å²) in [4.78, 5) is 26.9. The van der Waals surface area contributed by atoms with Gasteiger partial charge in [0.05, 0.1) is 32.8 Å². The van der Waals surface area contributed by atoms with Crippen molar-refractivity contribution in [3.05, 3.63) is 94.3 Å². The molecular formula is C20H18N4O5S. The van der Waals surface area contributed by atoms with Crippen molar-refractivity contribution in [3.63, 3.8) is 0 Å². The number of nitro groups is 1. The fourth-order valence-corrected chi connectivity index (χ4v) is 3.84. The zero-order valence-electron chi connectivity index (χ0n) is 15.8. The average Bonchev–Trinajstić information content (AvgIpc) is 2.74. The first-order valence-electron chi connectivity index (χ1n) is 8.86. The molecule has 3 rings (SSSR count). The lowest BCUT2D eigenvalue weighted by atomic mass is 10.1. The van der Waals surface area contributed by atoms with Crippen molar-refractivity contribution in [2.75, 3.05) is 4.72 Å². The van der Waals surface area contributed by atoms with Gasteiger partial charge in [0.2, 0.25) is 0 Å². The Kier molecular flexibility index (Phi) is 6.07. The molecule has 0 saturated carbocycles. The van der Waals surface area contributed by atoms with Gasteiger partial charge in [0.25, 0.3) is 21.6 Å². The number of non-ortho nitro benzene ring substituents is 1. The standard InChI is InChI=1S/C20H18N4O5S/c1-14(18-10-4-5-12-21-18)22-20(25)17-9-2-3-11-19(17)23-30(28,29)16-8-6-7-15(13-16)24(26)27/h2-14,23H,1H3,(H,22,25). The van der Waals surface area contributed by atoms with Gasteiger partial charge in [-0.25, -0.2) is 8.42 Å². The zero-order valence-corrected chi connectivity index (χ0v) is 16.7. The van der Waals surface area contributed by atoms with Gasteiger partial charge in [-0.1, -0.05) is 24.3 Å². The molecule has 1 aromatic heterocycles. The summed E-state index contributed by atoms with van der Waals surface area (Å²) in [5.41, 5.74) is 0.456. The highest BCUT2D eigenvalue weighted by molar-refractivity contribution is 7.92. The molecule has 154 valence electrons. The number of benzene rings is 2. The molecule has 0 aliphatic heterocycles. The van der Waals surface area contributed by atoms with Crippen LogP contribution in [0.25, 0.3) is 0 Å². The molecule has 10 heteroatoms. The maximum Gasteiger partial charge on any atom is 0.270 e. The molecule has 0 saturated heterocycles. The lowest BCUT2D eigenvalue weighted by Gasteiger charge is -2.16. The normalized spacial score (nSPS) is 12.0. The molecule has 9 nitrogen and oxygen atoms in total. The van der Waals surface area contributed by atoms with Gasteiger partial charge in [-0.05, 0) is 37.3 Å². The molecule has 0 radical (unpaired) electrons. The van der Waals surface area contributed by atoms with Crippen molar-refractivity contribution < 1.29 is 18.1 Å². The molecule has 1 atom stereocenters. The van der Waals surface area contributed by atoms with E-state index in [4.69, 9.17) is 0 Å². The number of para-hydroxylation sites is 1. The molecule has 0 aliphatic carbocycles. The number of nitrogens with zero attached hydrogens (tertiary/aromatic N) is 2. The molecule has 3 aromatic rings. The first kappa shape index (κ1) is 20.9. The van der Waals surface area contributed by atoms with Crippen LogP contribution in [0.3, 0.4) is 0 Å². The predicted octanol–water partition coefficient (Wildman–Crippen LogP) is 3.28. The number of anilines is 1. The molecule has 1 heterocycles. The van der Waals surface area contributed by atoms with E-state index < -0.39 is 26.9 Å². The molecule has 0 spiro atoms. The van der Waals surface area contributed by atoms with Crippen LogP contribution in [0.4, 0.5) is 11.4 Å². The molecule has 0 fully saturated rings. The van der Waals surface area contributed by atoms with E-state index in [1.165, 1.54) is 30.3 Å². The summed E-state index contributed by atoms with van der Waals surface area (Å²) >= 11 is 0. The number of sulfonamides is 1. The fourth-order valence-electron chi connectivity index (χ4n) is 2.72. The molecule has 0 aliphatic rings. The van der Waals surface area contributed by atoms with Crippen LogP contribution in [0.2, 0.25) is 0 Å². The largest absolute Gasteiger partial charge is 0.344 e. The highest BCUT2D eigenvalue weighted by Gasteiger charge is 2.21. The van der Waals surface area contributed by atoms with Crippen molar-refractivity contribution in [3.8, 4) is 0 Å². The van der Waals surface area contributed by atoms with Crippen LogP contribution >= 0.6 is 0 Å². The van der Waals surface area contributed by atoms with E-state index in [0.717, 1.165) is 6.07 Å². The number of hydrogen-bond acceptors (Lipinski definition) is 6. The fraction of sp³-hybridized carbons (Fsp3) is 0.100. The summed E-state index contributed by atoms with van der Waals surface area (Å²) in [6.07, 6.45) is 1.61. The summed E-state index contributed by atoms with van der Waals surface area (Å²) in [5.74, 6) is -0.495. The second kappa shape index (κ2) is 8.70. The minimum atomic E-state index is -4.15. The lowest BCUT2D eigenvalue weighted by Crippen LogP contribution is -2.28. The topological polar surface area (TPSA) is 131 Å². The Balaban J connectivity index is 1.85. The Morgan fingerprint density at radius 3 is 2.50 bits per heavy atom. The van der Waals surface area contributed by atoms with Gasteiger partial charge in [-0.2, -0.15) is 0 Å². The smallest absolute Gasteiger partial charge is 0.270 e. The Morgan fingerprint density at radius 2 is 1.80 bits per heavy atom. The number of nitrogens with one attached hydrogen (secondary N) is 2. The van der Waals surface area contributed by atoms with Crippen LogP contribution in [0.15, 0.2) is 77.8 Å². The van der Waals surface area contributed by atoms with Gasteiger partial charge in [0, 0.05) is 18.3 Å². The van der Waals surface area contributed by atoms with Crippen LogP contribution in [0.5, 0.6) is 0 Å². The van der Waals surface area contributed by atoms with Crippen molar-refractivity contribution >= 4 is 27.3 Å². The second-order valence-corrected chi connectivity index (χ2v) is 8.04. The van der Waals surface area contributed by atoms with Gasteiger partial charge in [0.1, 0.15) is 0 Å². The summed E-state index contributed by atoms with van der Waals surface area (Å²) in [6.45, 7) is 1.76. The predicted molar refractivity (Wildman–Crippen MR) is 110 cm³/mol. The molecule has 0 bridgehead atoms. The van der Waals surface area contributed by atoms with Gasteiger partial charge in [-0.3, -0.25) is 24.6 Å². The minimum Gasteiger partial charge on any atom is -0.344 e. The molecule has 30 heavy (non-hydrogen) atoms. The van der Waals surface area contributed by atoms with E-state index in [0.29, 0.717) is 5.69 Å². The number of amides is 1. The van der Waals surface area contributed by atoms with Gasteiger partial charge < -0.3 is 5.32 Å². The third kappa shape index (κ3) is 4.78. The summed E-state index contributed by atoms with van der Waals surface area (Å²) < 4.78 is 27.8. The van der Waals surface area contributed by atoms with E-state index >= 15 is 0 Å². The number of aromatic nitrogens is 1.